The van der Waals surface area contributed by atoms with E-state index in [9.17, 15) is 4.57 Å². The van der Waals surface area contributed by atoms with E-state index >= 15 is 0 Å². The Hall–Kier alpha value is -0.830. The molecule has 0 aliphatic carbocycles. The lowest BCUT2D eigenvalue weighted by Gasteiger charge is -1.99. The van der Waals surface area contributed by atoms with Crippen molar-refractivity contribution in [2.24, 2.45) is 0 Å². The maximum Gasteiger partial charge on any atom is 0.119 e. The van der Waals surface area contributed by atoms with Gasteiger partial charge in [-0.25, -0.2) is 0 Å². The summed E-state index contributed by atoms with van der Waals surface area (Å²) in [6, 6.07) is 7.35. The maximum absolute atomic E-state index is 10.2. The molecule has 0 radical (unpaired) electrons. The van der Waals surface area contributed by atoms with Crippen LogP contribution in [-0.4, -0.2) is 46.4 Å². The average molecular weight is 276 g/mol. The first kappa shape index (κ1) is 19.5. The molecule has 1 rings (SSSR count). The van der Waals surface area contributed by atoms with Gasteiger partial charge >= 0.3 is 0 Å². The highest BCUT2D eigenvalue weighted by Gasteiger charge is 1.91. The summed E-state index contributed by atoms with van der Waals surface area (Å²) < 4.78 is 19.4. The van der Waals surface area contributed by atoms with Crippen molar-refractivity contribution in [3.05, 3.63) is 29.8 Å². The van der Waals surface area contributed by atoms with Crippen LogP contribution in [0.4, 0.5) is 0 Å². The summed E-state index contributed by atoms with van der Waals surface area (Å²) in [4.78, 5) is 0. The molecule has 1 N–H and O–H groups in total. The van der Waals surface area contributed by atoms with Crippen molar-refractivity contribution in [3.8, 4) is 5.75 Å². The lowest BCUT2D eigenvalue weighted by atomic mass is 10.2. The van der Waals surface area contributed by atoms with Gasteiger partial charge in [0.1, 0.15) is 5.75 Å². The normalized spacial score (nSPS) is 9.50. The number of aliphatic hydroxyl groups is 1. The Balaban J connectivity index is 0. The molecule has 0 spiro atoms. The van der Waals surface area contributed by atoms with Crippen molar-refractivity contribution in [2.45, 2.75) is 6.61 Å². The van der Waals surface area contributed by atoms with Crippen LogP contribution in [0.3, 0.4) is 0 Å². The summed E-state index contributed by atoms with van der Waals surface area (Å²) >= 11 is 0. The van der Waals surface area contributed by atoms with Crippen LogP contribution in [-0.2, 0) is 15.9 Å². The van der Waals surface area contributed by atoms with Gasteiger partial charge in [0.15, 0.2) is 0 Å². The lowest BCUT2D eigenvalue weighted by Crippen LogP contribution is -1.85. The topological polar surface area (TPSA) is 55.8 Å². The minimum atomic E-state index is -1.64. The van der Waals surface area contributed by atoms with E-state index < -0.39 is 7.14 Å². The van der Waals surface area contributed by atoms with Gasteiger partial charge in [0, 0.05) is 14.2 Å². The first-order valence-corrected chi connectivity index (χ1v) is 8.49. The summed E-state index contributed by atoms with van der Waals surface area (Å²) in [5.74, 6) is 0.784. The van der Waals surface area contributed by atoms with Crippen LogP contribution in [0, 0.1) is 0 Å². The average Bonchev–Trinajstić information content (AvgIpc) is 2.28. The van der Waals surface area contributed by atoms with Crippen LogP contribution in [0.5, 0.6) is 5.75 Å². The highest BCUT2D eigenvalue weighted by Crippen LogP contribution is 2.28. The van der Waals surface area contributed by atoms with Gasteiger partial charge in [-0.05, 0) is 37.7 Å². The molecule has 18 heavy (non-hydrogen) atoms. The highest BCUT2D eigenvalue weighted by molar-refractivity contribution is 7.61. The van der Waals surface area contributed by atoms with Gasteiger partial charge in [0.25, 0.3) is 0 Å². The van der Waals surface area contributed by atoms with Crippen LogP contribution < -0.4 is 4.74 Å². The zero-order valence-electron chi connectivity index (χ0n) is 12.1. The van der Waals surface area contributed by atoms with Gasteiger partial charge in [-0.3, -0.25) is 0 Å². The summed E-state index contributed by atoms with van der Waals surface area (Å²) in [6.07, 6.45) is 0. The van der Waals surface area contributed by atoms with Gasteiger partial charge in [0.2, 0.25) is 0 Å². The van der Waals surface area contributed by atoms with E-state index in [1.807, 2.05) is 18.2 Å². The Kier molecular flexibility index (Phi) is 12.2. The highest BCUT2D eigenvalue weighted by atomic mass is 31.2. The molecule has 0 fully saturated rings. The quantitative estimate of drug-likeness (QED) is 0.844. The fourth-order valence-electron chi connectivity index (χ4n) is 0.771. The predicted octanol–water partition coefficient (Wildman–Crippen LogP) is 2.69. The number of ether oxygens (including phenoxy) is 2. The van der Waals surface area contributed by atoms with E-state index in [4.69, 9.17) is 9.84 Å². The van der Waals surface area contributed by atoms with Crippen molar-refractivity contribution in [2.75, 3.05) is 41.3 Å². The molecule has 0 amide bonds. The zero-order chi connectivity index (χ0) is 14.6. The third-order valence-electron chi connectivity index (χ3n) is 1.32. The van der Waals surface area contributed by atoms with E-state index in [0.717, 1.165) is 11.3 Å². The molecule has 106 valence electrons. The Labute approximate surface area is 110 Å². The molecule has 0 aliphatic heterocycles. The molecular formula is C13H25O4P. The number of hydrogen-bond acceptors (Lipinski definition) is 4. The van der Waals surface area contributed by atoms with Crippen molar-refractivity contribution < 1.29 is 19.1 Å². The van der Waals surface area contributed by atoms with Crippen molar-refractivity contribution >= 4 is 7.14 Å². The van der Waals surface area contributed by atoms with Gasteiger partial charge in [-0.2, -0.15) is 0 Å². The Bertz CT molecular complexity index is 319. The summed E-state index contributed by atoms with van der Waals surface area (Å²) in [5, 5.41) is 8.70. The Morgan fingerprint density at radius 1 is 1.17 bits per heavy atom. The number of methoxy groups -OCH3 is 2. The summed E-state index contributed by atoms with van der Waals surface area (Å²) in [7, 11) is 3.22. The third-order valence-corrected chi connectivity index (χ3v) is 1.32. The van der Waals surface area contributed by atoms with Gasteiger partial charge in [0.05, 0.1) is 20.9 Å². The van der Waals surface area contributed by atoms with Crippen LogP contribution in [0.1, 0.15) is 5.56 Å². The second-order valence-corrected chi connectivity index (χ2v) is 8.09. The van der Waals surface area contributed by atoms with Crippen LogP contribution in [0.25, 0.3) is 0 Å². The SMILES string of the molecule is COC.COc1cccc(CO)c1.CP(C)(C)=O. The third kappa shape index (κ3) is 17.6. The second-order valence-electron chi connectivity index (χ2n) is 4.31. The molecular weight excluding hydrogens is 251 g/mol. The van der Waals surface area contributed by atoms with Crippen LogP contribution >= 0.6 is 7.14 Å². The smallest absolute Gasteiger partial charge is 0.119 e. The molecule has 0 atom stereocenters. The molecule has 1 aromatic carbocycles. The molecule has 0 saturated heterocycles. The first-order chi connectivity index (χ1) is 8.28. The summed E-state index contributed by atoms with van der Waals surface area (Å²) in [6.45, 7) is 5.30. The standard InChI is InChI=1S/C8H10O2.C3H9OP.C2H6O/c1-10-8-4-2-3-7(5-8)6-9;1-5(2,3)4;1-3-2/h2-5,9H,6H2,1H3;1-3H3;1-2H3. The molecule has 4 nitrogen and oxygen atoms in total. The van der Waals surface area contributed by atoms with Gasteiger partial charge in [-0.1, -0.05) is 12.1 Å². The zero-order valence-corrected chi connectivity index (χ0v) is 13.0. The second kappa shape index (κ2) is 11.3. The van der Waals surface area contributed by atoms with E-state index in [1.165, 1.54) is 0 Å². The van der Waals surface area contributed by atoms with Crippen molar-refractivity contribution in [1.29, 1.82) is 0 Å². The predicted molar refractivity (Wildman–Crippen MR) is 77.2 cm³/mol. The summed E-state index contributed by atoms with van der Waals surface area (Å²) in [5.41, 5.74) is 0.874. The van der Waals surface area contributed by atoms with E-state index in [1.54, 1.807) is 47.4 Å². The monoisotopic (exact) mass is 276 g/mol. The van der Waals surface area contributed by atoms with Crippen molar-refractivity contribution in [1.82, 2.24) is 0 Å². The Morgan fingerprint density at radius 3 is 1.94 bits per heavy atom. The minimum absolute atomic E-state index is 0.0667. The fraction of sp³-hybridized carbons (Fsp3) is 0.538. The van der Waals surface area contributed by atoms with Gasteiger partial charge < -0.3 is 19.1 Å². The molecule has 0 saturated carbocycles. The largest absolute Gasteiger partial charge is 0.497 e. The molecule has 0 bridgehead atoms. The molecule has 1 aromatic rings. The fourth-order valence-corrected chi connectivity index (χ4v) is 0.771. The number of aliphatic hydroxyl groups excluding tert-OH is 1. The van der Waals surface area contributed by atoms with Crippen LogP contribution in [0.2, 0.25) is 0 Å². The van der Waals surface area contributed by atoms with E-state index in [2.05, 4.69) is 4.74 Å². The molecule has 0 unspecified atom stereocenters. The van der Waals surface area contributed by atoms with Gasteiger partial charge in [-0.15, -0.1) is 0 Å². The lowest BCUT2D eigenvalue weighted by molar-refractivity contribution is 0.277. The molecule has 0 aromatic heterocycles. The number of rotatable bonds is 2. The number of hydrogen-bond donors (Lipinski definition) is 1. The van der Waals surface area contributed by atoms with E-state index in [-0.39, 0.29) is 6.61 Å². The Morgan fingerprint density at radius 2 is 1.61 bits per heavy atom. The number of benzene rings is 1. The maximum atomic E-state index is 10.2. The van der Waals surface area contributed by atoms with Crippen LogP contribution in [0.15, 0.2) is 24.3 Å². The minimum Gasteiger partial charge on any atom is -0.497 e. The molecule has 0 heterocycles. The van der Waals surface area contributed by atoms with E-state index in [0.29, 0.717) is 0 Å². The molecule has 0 aliphatic rings. The molecule has 5 heteroatoms. The first-order valence-electron chi connectivity index (χ1n) is 5.44. The van der Waals surface area contributed by atoms with Crippen molar-refractivity contribution in [3.63, 3.8) is 0 Å².